The lowest BCUT2D eigenvalue weighted by atomic mass is 10.4. The number of aromatic nitrogens is 1. The average Bonchev–Trinajstić information content (AvgIpc) is 2.40. The smallest absolute Gasteiger partial charge is 0.0525 e. The second-order valence-electron chi connectivity index (χ2n) is 2.43. The molecule has 4 nitrogen and oxygen atoms in total. The lowest BCUT2D eigenvalue weighted by Crippen LogP contribution is -2.07. The topological polar surface area (TPSA) is 53.7 Å². The molecule has 0 bridgehead atoms. The highest BCUT2D eigenvalue weighted by Gasteiger charge is 1.96. The van der Waals surface area contributed by atoms with E-state index in [4.69, 9.17) is 5.53 Å². The van der Waals surface area contributed by atoms with E-state index in [1.54, 1.807) is 0 Å². The van der Waals surface area contributed by atoms with Gasteiger partial charge in [-0.05, 0) is 17.7 Å². The summed E-state index contributed by atoms with van der Waals surface area (Å²) in [5.74, 6) is 0. The van der Waals surface area contributed by atoms with Crippen LogP contribution in [-0.2, 0) is 6.54 Å². The quantitative estimate of drug-likeness (QED) is 0.360. The van der Waals surface area contributed by atoms with Crippen molar-refractivity contribution in [3.63, 3.8) is 0 Å². The van der Waals surface area contributed by atoms with Crippen LogP contribution < -0.4 is 0 Å². The zero-order valence-electron chi connectivity index (χ0n) is 6.38. The first-order valence-electron chi connectivity index (χ1n) is 3.48. The Balaban J connectivity index is 2.49. The first-order chi connectivity index (χ1) is 5.33. The number of hydrogen-bond acceptors (Lipinski definition) is 1. The van der Waals surface area contributed by atoms with E-state index in [-0.39, 0.29) is 6.04 Å². The molecule has 0 aliphatic rings. The molecule has 0 fully saturated rings. The minimum Gasteiger partial charge on any atom is -0.354 e. The first kappa shape index (κ1) is 7.69. The lowest BCUT2D eigenvalue weighted by molar-refractivity contribution is 0.589. The molecule has 0 aromatic carbocycles. The van der Waals surface area contributed by atoms with Gasteiger partial charge in [0.25, 0.3) is 0 Å². The molecule has 58 valence electrons. The van der Waals surface area contributed by atoms with Crippen LogP contribution in [0.3, 0.4) is 0 Å². The molecule has 0 saturated heterocycles. The van der Waals surface area contributed by atoms with Crippen LogP contribution in [0.5, 0.6) is 0 Å². The van der Waals surface area contributed by atoms with Gasteiger partial charge in [-0.25, -0.2) is 0 Å². The average molecular weight is 150 g/mol. The fraction of sp³-hybridized carbons (Fsp3) is 0.429. The van der Waals surface area contributed by atoms with Crippen LogP contribution in [0.1, 0.15) is 6.92 Å². The summed E-state index contributed by atoms with van der Waals surface area (Å²) in [4.78, 5) is 2.73. The van der Waals surface area contributed by atoms with Crippen LogP contribution in [0.15, 0.2) is 29.6 Å². The summed E-state index contributed by atoms with van der Waals surface area (Å²) in [5.41, 5.74) is 8.11. The van der Waals surface area contributed by atoms with Gasteiger partial charge in [-0.1, -0.05) is 12.0 Å². The SMILES string of the molecule is CC(Cn1cccc1)N=[N+]=[N-]. The van der Waals surface area contributed by atoms with Crippen LogP contribution in [-0.4, -0.2) is 10.6 Å². The Morgan fingerprint density at radius 2 is 2.18 bits per heavy atom. The predicted molar refractivity (Wildman–Crippen MR) is 43.0 cm³/mol. The molecule has 1 aromatic heterocycles. The Hall–Kier alpha value is -1.41. The third-order valence-corrected chi connectivity index (χ3v) is 1.39. The van der Waals surface area contributed by atoms with Crippen molar-refractivity contribution in [2.45, 2.75) is 19.5 Å². The monoisotopic (exact) mass is 150 g/mol. The van der Waals surface area contributed by atoms with Gasteiger partial charge in [-0.3, -0.25) is 0 Å². The van der Waals surface area contributed by atoms with Gasteiger partial charge in [0, 0.05) is 23.9 Å². The minimum atomic E-state index is 0.0207. The maximum absolute atomic E-state index is 8.11. The van der Waals surface area contributed by atoms with E-state index in [1.807, 2.05) is 36.0 Å². The van der Waals surface area contributed by atoms with Gasteiger partial charge >= 0.3 is 0 Å². The van der Waals surface area contributed by atoms with E-state index in [0.717, 1.165) is 6.54 Å². The molecule has 1 unspecified atom stereocenters. The summed E-state index contributed by atoms with van der Waals surface area (Å²) < 4.78 is 1.99. The van der Waals surface area contributed by atoms with Crippen LogP contribution in [0, 0.1) is 0 Å². The summed E-state index contributed by atoms with van der Waals surface area (Å²) in [5, 5.41) is 3.56. The number of rotatable bonds is 3. The molecular formula is C7H10N4. The van der Waals surface area contributed by atoms with E-state index in [1.165, 1.54) is 0 Å². The molecule has 0 aliphatic carbocycles. The second kappa shape index (κ2) is 3.68. The third kappa shape index (κ3) is 2.35. The van der Waals surface area contributed by atoms with Gasteiger partial charge in [0.2, 0.25) is 0 Å². The van der Waals surface area contributed by atoms with E-state index in [0.29, 0.717) is 0 Å². The van der Waals surface area contributed by atoms with E-state index in [2.05, 4.69) is 10.0 Å². The minimum absolute atomic E-state index is 0.0207. The van der Waals surface area contributed by atoms with Crippen molar-refractivity contribution in [1.29, 1.82) is 0 Å². The summed E-state index contributed by atoms with van der Waals surface area (Å²) in [6.45, 7) is 2.64. The molecule has 1 aromatic rings. The molecule has 11 heavy (non-hydrogen) atoms. The van der Waals surface area contributed by atoms with E-state index in [9.17, 15) is 0 Å². The Labute approximate surface area is 65.1 Å². The van der Waals surface area contributed by atoms with Gasteiger partial charge in [-0.15, -0.1) is 0 Å². The van der Waals surface area contributed by atoms with Gasteiger partial charge in [-0.2, -0.15) is 0 Å². The molecule has 0 radical (unpaired) electrons. The highest BCUT2D eigenvalue weighted by molar-refractivity contribution is 4.90. The third-order valence-electron chi connectivity index (χ3n) is 1.39. The molecular weight excluding hydrogens is 140 g/mol. The van der Waals surface area contributed by atoms with Crippen molar-refractivity contribution in [3.8, 4) is 0 Å². The van der Waals surface area contributed by atoms with E-state index >= 15 is 0 Å². The van der Waals surface area contributed by atoms with Crippen molar-refractivity contribution in [1.82, 2.24) is 4.57 Å². The molecule has 0 aliphatic heterocycles. The molecule has 1 atom stereocenters. The van der Waals surface area contributed by atoms with E-state index < -0.39 is 0 Å². The summed E-state index contributed by atoms with van der Waals surface area (Å²) >= 11 is 0. The highest BCUT2D eigenvalue weighted by Crippen LogP contribution is 1.97. The van der Waals surface area contributed by atoms with Crippen molar-refractivity contribution >= 4 is 0 Å². The van der Waals surface area contributed by atoms with Gasteiger partial charge < -0.3 is 4.57 Å². The van der Waals surface area contributed by atoms with Crippen molar-refractivity contribution in [2.75, 3.05) is 0 Å². The maximum Gasteiger partial charge on any atom is 0.0525 e. The first-order valence-corrected chi connectivity index (χ1v) is 3.48. The molecule has 1 heterocycles. The van der Waals surface area contributed by atoms with Crippen LogP contribution in [0.4, 0.5) is 0 Å². The van der Waals surface area contributed by atoms with Crippen LogP contribution in [0.25, 0.3) is 10.4 Å². The maximum atomic E-state index is 8.11. The fourth-order valence-corrected chi connectivity index (χ4v) is 0.922. The Morgan fingerprint density at radius 3 is 2.73 bits per heavy atom. The number of hydrogen-bond donors (Lipinski definition) is 0. The molecule has 0 N–H and O–H groups in total. The van der Waals surface area contributed by atoms with Crippen molar-refractivity contribution in [3.05, 3.63) is 35.0 Å². The lowest BCUT2D eigenvalue weighted by Gasteiger charge is -2.04. The Kier molecular flexibility index (Phi) is 2.58. The molecule has 0 saturated carbocycles. The summed E-state index contributed by atoms with van der Waals surface area (Å²) in [6, 6.07) is 3.92. The van der Waals surface area contributed by atoms with Crippen LogP contribution in [0.2, 0.25) is 0 Å². The summed E-state index contributed by atoms with van der Waals surface area (Å²) in [7, 11) is 0. The number of nitrogens with zero attached hydrogens (tertiary/aromatic N) is 4. The zero-order valence-corrected chi connectivity index (χ0v) is 6.38. The van der Waals surface area contributed by atoms with Gasteiger partial charge in [0.1, 0.15) is 0 Å². The number of azide groups is 1. The normalized spacial score (nSPS) is 12.1. The second-order valence-corrected chi connectivity index (χ2v) is 2.43. The Bertz CT molecular complexity index is 245. The van der Waals surface area contributed by atoms with Gasteiger partial charge in [0.15, 0.2) is 0 Å². The Morgan fingerprint density at radius 1 is 1.55 bits per heavy atom. The zero-order chi connectivity index (χ0) is 8.10. The molecule has 0 spiro atoms. The van der Waals surface area contributed by atoms with Crippen LogP contribution >= 0.6 is 0 Å². The molecule has 4 heteroatoms. The standard InChI is InChI=1S/C7H10N4/c1-7(9-10-8)6-11-4-2-3-5-11/h2-5,7H,6H2,1H3. The van der Waals surface area contributed by atoms with Crippen molar-refractivity contribution in [2.24, 2.45) is 5.11 Å². The largest absolute Gasteiger partial charge is 0.354 e. The molecule has 0 amide bonds. The highest BCUT2D eigenvalue weighted by atomic mass is 15.2. The summed E-state index contributed by atoms with van der Waals surface area (Å²) in [6.07, 6.45) is 3.90. The fourth-order valence-electron chi connectivity index (χ4n) is 0.922. The van der Waals surface area contributed by atoms with Gasteiger partial charge in [0.05, 0.1) is 6.04 Å². The molecule has 1 rings (SSSR count). The predicted octanol–water partition coefficient (Wildman–Crippen LogP) is 2.19. The van der Waals surface area contributed by atoms with Crippen molar-refractivity contribution < 1.29 is 0 Å².